The van der Waals surface area contributed by atoms with Gasteiger partial charge in [0, 0.05) is 31.6 Å². The van der Waals surface area contributed by atoms with Crippen molar-refractivity contribution in [2.24, 2.45) is 5.92 Å². The van der Waals surface area contributed by atoms with E-state index in [9.17, 15) is 9.90 Å². The van der Waals surface area contributed by atoms with Crippen LogP contribution in [0.2, 0.25) is 0 Å². The van der Waals surface area contributed by atoms with Crippen molar-refractivity contribution >= 4 is 17.2 Å². The summed E-state index contributed by atoms with van der Waals surface area (Å²) < 4.78 is 0. The quantitative estimate of drug-likeness (QED) is 0.797. The van der Waals surface area contributed by atoms with Gasteiger partial charge in [-0.1, -0.05) is 37.3 Å². The van der Waals surface area contributed by atoms with E-state index in [-0.39, 0.29) is 18.4 Å². The summed E-state index contributed by atoms with van der Waals surface area (Å²) in [5, 5.41) is 12.1. The van der Waals surface area contributed by atoms with Crippen molar-refractivity contribution in [3.05, 3.63) is 52.0 Å². The average molecular weight is 347 g/mol. The number of aliphatic hydroxyl groups excluding tert-OH is 1. The van der Waals surface area contributed by atoms with Crippen LogP contribution in [0.3, 0.4) is 0 Å². The van der Waals surface area contributed by atoms with Crippen LogP contribution in [-0.4, -0.2) is 53.0 Å². The van der Waals surface area contributed by atoms with Gasteiger partial charge in [0.25, 0.3) is 5.91 Å². The minimum absolute atomic E-state index is 0.0255. The minimum Gasteiger partial charge on any atom is -0.396 e. The van der Waals surface area contributed by atoms with E-state index in [1.807, 2.05) is 61.6 Å². The molecule has 0 unspecified atom stereocenters. The normalized spacial score (nSPS) is 12.4. The molecule has 2 rings (SSSR count). The van der Waals surface area contributed by atoms with Gasteiger partial charge in [0.2, 0.25) is 0 Å². The Labute approximate surface area is 147 Å². The average Bonchev–Trinajstić information content (AvgIpc) is 3.02. The number of hydrogen-bond acceptors (Lipinski definition) is 5. The molecule has 0 aliphatic carbocycles. The van der Waals surface area contributed by atoms with Crippen LogP contribution in [-0.2, 0) is 13.1 Å². The van der Waals surface area contributed by atoms with Crippen LogP contribution in [0.25, 0.3) is 0 Å². The van der Waals surface area contributed by atoms with Gasteiger partial charge < -0.3 is 14.9 Å². The largest absolute Gasteiger partial charge is 0.396 e. The summed E-state index contributed by atoms with van der Waals surface area (Å²) in [6.07, 6.45) is 0. The Balaban J connectivity index is 2.15. The van der Waals surface area contributed by atoms with E-state index < -0.39 is 0 Å². The van der Waals surface area contributed by atoms with E-state index in [2.05, 4.69) is 4.98 Å². The number of benzene rings is 1. The first-order chi connectivity index (χ1) is 11.5. The van der Waals surface area contributed by atoms with E-state index in [0.717, 1.165) is 17.1 Å². The lowest BCUT2D eigenvalue weighted by Gasteiger charge is -2.24. The maximum absolute atomic E-state index is 12.9. The minimum atomic E-state index is -0.0830. The summed E-state index contributed by atoms with van der Waals surface area (Å²) in [4.78, 5) is 21.1. The molecule has 0 bridgehead atoms. The van der Waals surface area contributed by atoms with E-state index >= 15 is 0 Å². The first kappa shape index (κ1) is 18.6. The topological polar surface area (TPSA) is 56.7 Å². The monoisotopic (exact) mass is 347 g/mol. The highest BCUT2D eigenvalue weighted by Gasteiger charge is 2.21. The summed E-state index contributed by atoms with van der Waals surface area (Å²) >= 11 is 1.50. The molecule has 130 valence electrons. The number of thiazole rings is 1. The number of rotatable bonds is 8. The number of amides is 1. The fourth-order valence-corrected chi connectivity index (χ4v) is 3.26. The van der Waals surface area contributed by atoms with Gasteiger partial charge in [-0.3, -0.25) is 4.79 Å². The van der Waals surface area contributed by atoms with Crippen LogP contribution in [0.1, 0.15) is 28.0 Å². The highest BCUT2D eigenvalue weighted by molar-refractivity contribution is 7.09. The van der Waals surface area contributed by atoms with Crippen LogP contribution in [0.15, 0.2) is 35.7 Å². The first-order valence-corrected chi connectivity index (χ1v) is 8.90. The third kappa shape index (κ3) is 5.40. The molecule has 24 heavy (non-hydrogen) atoms. The molecule has 2 aromatic rings. The summed E-state index contributed by atoms with van der Waals surface area (Å²) in [6, 6.07) is 9.89. The highest BCUT2D eigenvalue weighted by atomic mass is 32.1. The lowest BCUT2D eigenvalue weighted by Crippen LogP contribution is -2.35. The Bertz CT molecular complexity index is 643. The molecule has 0 saturated heterocycles. The smallest absolute Gasteiger partial charge is 0.273 e. The van der Waals surface area contributed by atoms with Gasteiger partial charge in [-0.25, -0.2) is 4.98 Å². The Kier molecular flexibility index (Phi) is 6.90. The number of aliphatic hydroxyl groups is 1. The van der Waals surface area contributed by atoms with Crippen LogP contribution in [0, 0.1) is 5.92 Å². The summed E-state index contributed by atoms with van der Waals surface area (Å²) in [5.74, 6) is -0.0575. The van der Waals surface area contributed by atoms with Crippen molar-refractivity contribution in [2.45, 2.75) is 20.0 Å². The van der Waals surface area contributed by atoms with Gasteiger partial charge in [-0.2, -0.15) is 0 Å². The molecule has 0 saturated carbocycles. The molecule has 1 atom stereocenters. The Morgan fingerprint density at radius 1 is 1.25 bits per heavy atom. The molecule has 6 heteroatoms. The fraction of sp³-hybridized carbons (Fsp3) is 0.444. The number of carbonyl (C=O) groups excluding carboxylic acids is 1. The lowest BCUT2D eigenvalue weighted by molar-refractivity contribution is 0.0689. The van der Waals surface area contributed by atoms with Gasteiger partial charge in [0.15, 0.2) is 0 Å². The van der Waals surface area contributed by atoms with E-state index in [1.54, 1.807) is 4.90 Å². The Morgan fingerprint density at radius 2 is 1.96 bits per heavy atom. The number of nitrogens with zero attached hydrogens (tertiary/aromatic N) is 3. The molecular weight excluding hydrogens is 322 g/mol. The lowest BCUT2D eigenvalue weighted by atomic mass is 10.1. The summed E-state index contributed by atoms with van der Waals surface area (Å²) in [5.41, 5.74) is 1.55. The molecule has 0 aliphatic rings. The molecule has 0 fully saturated rings. The zero-order chi connectivity index (χ0) is 17.5. The maximum atomic E-state index is 12.9. The van der Waals surface area contributed by atoms with Crippen LogP contribution < -0.4 is 0 Å². The van der Waals surface area contributed by atoms with Gasteiger partial charge in [0.05, 0.1) is 0 Å². The van der Waals surface area contributed by atoms with E-state index in [1.165, 1.54) is 11.3 Å². The predicted octanol–water partition coefficient (Wildman–Crippen LogP) is 2.48. The Hall–Kier alpha value is -1.76. The first-order valence-electron chi connectivity index (χ1n) is 8.02. The third-order valence-corrected chi connectivity index (χ3v) is 4.40. The molecule has 1 amide bonds. The van der Waals surface area contributed by atoms with Gasteiger partial charge >= 0.3 is 0 Å². The molecule has 0 radical (unpaired) electrons. The third-order valence-electron chi connectivity index (χ3n) is 3.57. The molecule has 1 heterocycles. The fourth-order valence-electron chi connectivity index (χ4n) is 2.37. The maximum Gasteiger partial charge on any atom is 0.273 e. The van der Waals surface area contributed by atoms with Crippen LogP contribution in [0.5, 0.6) is 0 Å². The molecule has 1 aromatic heterocycles. The second-order valence-corrected chi connectivity index (χ2v) is 7.27. The molecule has 1 N–H and O–H groups in total. The van der Waals surface area contributed by atoms with Crippen molar-refractivity contribution in [1.82, 2.24) is 14.8 Å². The molecule has 0 aliphatic heterocycles. The molecule has 1 aromatic carbocycles. The van der Waals surface area contributed by atoms with Crippen molar-refractivity contribution in [3.8, 4) is 0 Å². The zero-order valence-electron chi connectivity index (χ0n) is 14.5. The molecular formula is C18H25N3O2S. The molecule has 5 nitrogen and oxygen atoms in total. The number of hydrogen-bond donors (Lipinski definition) is 1. The van der Waals surface area contributed by atoms with E-state index in [4.69, 9.17) is 0 Å². The summed E-state index contributed by atoms with van der Waals surface area (Å²) in [6.45, 7) is 3.74. The van der Waals surface area contributed by atoms with Crippen LogP contribution >= 0.6 is 11.3 Å². The van der Waals surface area contributed by atoms with Crippen molar-refractivity contribution in [2.75, 3.05) is 27.2 Å². The zero-order valence-corrected chi connectivity index (χ0v) is 15.3. The van der Waals surface area contributed by atoms with Crippen LogP contribution in [0.4, 0.5) is 0 Å². The van der Waals surface area contributed by atoms with Gasteiger partial charge in [-0.15, -0.1) is 11.3 Å². The van der Waals surface area contributed by atoms with Gasteiger partial charge in [-0.05, 0) is 25.6 Å². The Morgan fingerprint density at radius 3 is 2.58 bits per heavy atom. The van der Waals surface area contributed by atoms with Crippen molar-refractivity contribution in [1.29, 1.82) is 0 Å². The number of carbonyl (C=O) groups is 1. The number of aromatic nitrogens is 1. The highest BCUT2D eigenvalue weighted by Crippen LogP contribution is 2.16. The summed E-state index contributed by atoms with van der Waals surface area (Å²) in [7, 11) is 3.96. The second-order valence-electron chi connectivity index (χ2n) is 6.32. The van der Waals surface area contributed by atoms with Gasteiger partial charge in [0.1, 0.15) is 10.7 Å². The predicted molar refractivity (Wildman–Crippen MR) is 96.9 cm³/mol. The van der Waals surface area contributed by atoms with E-state index in [0.29, 0.717) is 18.8 Å². The van der Waals surface area contributed by atoms with Crippen molar-refractivity contribution in [3.63, 3.8) is 0 Å². The molecule has 0 spiro atoms. The van der Waals surface area contributed by atoms with Crippen molar-refractivity contribution < 1.29 is 9.90 Å². The second kappa shape index (κ2) is 8.92. The standard InChI is InChI=1S/C18H25N3O2S/c1-14(12-22)9-21(10-15-7-5-4-6-8-15)18(23)16-13-24-17(19-16)11-20(2)3/h4-8,13-14,22H,9-12H2,1-3H3/t14-/m0/s1. The SMILES string of the molecule is C[C@H](CO)CN(Cc1ccccc1)C(=O)c1csc(CN(C)C)n1.